The largest absolute Gasteiger partial charge is 0.335 e. The van der Waals surface area contributed by atoms with Gasteiger partial charge in [-0.3, -0.25) is 14.9 Å². The van der Waals surface area contributed by atoms with Crippen LogP contribution in [0.5, 0.6) is 0 Å². The lowest BCUT2D eigenvalue weighted by molar-refractivity contribution is -0.385. The molecule has 0 aliphatic carbocycles. The zero-order chi connectivity index (χ0) is 23.5. The second-order valence-corrected chi connectivity index (χ2v) is 9.00. The molecule has 4 aromatic rings. The molecule has 3 N–H and O–H groups in total. The topological polar surface area (TPSA) is 142 Å². The fourth-order valence-corrected chi connectivity index (χ4v) is 4.53. The van der Waals surface area contributed by atoms with Gasteiger partial charge in [-0.25, -0.2) is 9.66 Å². The lowest BCUT2D eigenvalue weighted by Crippen LogP contribution is -2.16. The first-order chi connectivity index (χ1) is 15.8. The van der Waals surface area contributed by atoms with Crippen LogP contribution in [0.4, 0.5) is 10.8 Å². The summed E-state index contributed by atoms with van der Waals surface area (Å²) in [6.07, 6.45) is 0. The highest BCUT2D eigenvalue weighted by Crippen LogP contribution is 2.30. The molecule has 2 aromatic carbocycles. The fraction of sp³-hybridized carbons (Fsp3) is 0.100. The number of nitro benzene ring substituents is 1. The van der Waals surface area contributed by atoms with Gasteiger partial charge in [-0.05, 0) is 19.1 Å². The lowest BCUT2D eigenvalue weighted by Gasteiger charge is -2.05. The van der Waals surface area contributed by atoms with Gasteiger partial charge in [0.1, 0.15) is 0 Å². The summed E-state index contributed by atoms with van der Waals surface area (Å²) in [5.74, 6) is 6.19. The first-order valence-electron chi connectivity index (χ1n) is 9.42. The molecule has 0 aliphatic rings. The Hall–Kier alpha value is -3.48. The molecular formula is C20H16ClN7O3S2. The predicted molar refractivity (Wildman–Crippen MR) is 129 cm³/mol. The molecule has 0 saturated carbocycles. The maximum absolute atomic E-state index is 12.4. The molecule has 0 bridgehead atoms. The SMILES string of the molecule is Cc1ccc(-c2csc(NC(=O)CSc3nnc(-c4ccccc4Cl)n3N)n2)cc1[N+](=O)[O-]. The smallest absolute Gasteiger partial charge is 0.272 e. The third-order valence-electron chi connectivity index (χ3n) is 4.56. The Labute approximate surface area is 200 Å². The van der Waals surface area contributed by atoms with Crippen molar-refractivity contribution in [2.45, 2.75) is 12.1 Å². The van der Waals surface area contributed by atoms with Gasteiger partial charge in [0.05, 0.1) is 21.4 Å². The van der Waals surface area contributed by atoms with E-state index in [0.29, 0.717) is 43.5 Å². The molecule has 13 heteroatoms. The van der Waals surface area contributed by atoms with Gasteiger partial charge in [0.15, 0.2) is 11.0 Å². The Bertz CT molecular complexity index is 1360. The van der Waals surface area contributed by atoms with Crippen LogP contribution in [0.1, 0.15) is 5.56 Å². The van der Waals surface area contributed by atoms with E-state index in [1.807, 2.05) is 6.07 Å². The zero-order valence-corrected chi connectivity index (χ0v) is 19.4. The van der Waals surface area contributed by atoms with E-state index in [0.717, 1.165) is 11.8 Å². The molecule has 0 aliphatic heterocycles. The number of thioether (sulfide) groups is 1. The van der Waals surface area contributed by atoms with Crippen LogP contribution in [0.2, 0.25) is 5.02 Å². The maximum atomic E-state index is 12.4. The Morgan fingerprint density at radius 3 is 2.85 bits per heavy atom. The number of thiazole rings is 1. The number of halogens is 1. The Morgan fingerprint density at radius 2 is 2.09 bits per heavy atom. The summed E-state index contributed by atoms with van der Waals surface area (Å²) in [6, 6.07) is 12.0. The number of nitrogen functional groups attached to an aromatic ring is 1. The van der Waals surface area contributed by atoms with Crippen molar-refractivity contribution in [2.24, 2.45) is 0 Å². The number of nitro groups is 1. The monoisotopic (exact) mass is 501 g/mol. The summed E-state index contributed by atoms with van der Waals surface area (Å²) in [7, 11) is 0. The molecule has 1 amide bonds. The highest BCUT2D eigenvalue weighted by atomic mass is 35.5. The van der Waals surface area contributed by atoms with E-state index in [1.54, 1.807) is 42.6 Å². The summed E-state index contributed by atoms with van der Waals surface area (Å²) < 4.78 is 1.28. The third-order valence-corrected chi connectivity index (χ3v) is 6.59. The van der Waals surface area contributed by atoms with E-state index in [2.05, 4.69) is 20.5 Å². The number of rotatable bonds is 7. The lowest BCUT2D eigenvalue weighted by atomic mass is 10.1. The number of aryl methyl sites for hydroxylation is 1. The van der Waals surface area contributed by atoms with Crippen LogP contribution in [0.15, 0.2) is 53.0 Å². The van der Waals surface area contributed by atoms with Crippen LogP contribution >= 0.6 is 34.7 Å². The van der Waals surface area contributed by atoms with Crippen molar-refractivity contribution in [3.63, 3.8) is 0 Å². The maximum Gasteiger partial charge on any atom is 0.272 e. The van der Waals surface area contributed by atoms with Gasteiger partial charge in [0, 0.05) is 28.1 Å². The normalized spacial score (nSPS) is 10.8. The molecule has 0 unspecified atom stereocenters. The summed E-state index contributed by atoms with van der Waals surface area (Å²) in [5, 5.41) is 24.9. The average molecular weight is 502 g/mol. The zero-order valence-electron chi connectivity index (χ0n) is 17.1. The second-order valence-electron chi connectivity index (χ2n) is 6.79. The van der Waals surface area contributed by atoms with Crippen LogP contribution in [-0.4, -0.2) is 36.4 Å². The molecule has 2 aromatic heterocycles. The summed E-state index contributed by atoms with van der Waals surface area (Å²) in [5.41, 5.74) is 2.36. The predicted octanol–water partition coefficient (Wildman–Crippen LogP) is 4.38. The molecule has 0 saturated heterocycles. The molecule has 0 spiro atoms. The van der Waals surface area contributed by atoms with Crippen LogP contribution in [-0.2, 0) is 4.79 Å². The van der Waals surface area contributed by atoms with Gasteiger partial charge in [0.2, 0.25) is 11.1 Å². The number of hydrogen-bond acceptors (Lipinski definition) is 9. The number of anilines is 1. The minimum absolute atomic E-state index is 0.0181. The quantitative estimate of drug-likeness (QED) is 0.164. The van der Waals surface area contributed by atoms with Crippen LogP contribution in [0.3, 0.4) is 0 Å². The molecular weight excluding hydrogens is 486 g/mol. The molecule has 0 radical (unpaired) electrons. The van der Waals surface area contributed by atoms with Gasteiger partial charge in [-0.1, -0.05) is 47.6 Å². The molecule has 10 nitrogen and oxygen atoms in total. The van der Waals surface area contributed by atoms with Crippen LogP contribution in [0.25, 0.3) is 22.6 Å². The van der Waals surface area contributed by atoms with Gasteiger partial charge >= 0.3 is 0 Å². The Morgan fingerprint density at radius 1 is 1.30 bits per heavy atom. The molecule has 33 heavy (non-hydrogen) atoms. The fourth-order valence-electron chi connectivity index (χ4n) is 2.92. The first kappa shape index (κ1) is 22.7. The molecule has 2 heterocycles. The van der Waals surface area contributed by atoms with E-state index in [-0.39, 0.29) is 17.3 Å². The number of benzene rings is 2. The summed E-state index contributed by atoms with van der Waals surface area (Å²) in [6.45, 7) is 1.67. The number of nitrogens with one attached hydrogen (secondary N) is 1. The number of hydrogen-bond donors (Lipinski definition) is 2. The van der Waals surface area contributed by atoms with E-state index in [9.17, 15) is 14.9 Å². The van der Waals surface area contributed by atoms with Crippen molar-refractivity contribution in [3.8, 4) is 22.6 Å². The average Bonchev–Trinajstić information content (AvgIpc) is 3.39. The number of carbonyl (C=O) groups excluding carboxylic acids is 1. The van der Waals surface area contributed by atoms with Crippen molar-refractivity contribution < 1.29 is 9.72 Å². The summed E-state index contributed by atoms with van der Waals surface area (Å²) >= 11 is 8.53. The van der Waals surface area contributed by atoms with E-state index in [4.69, 9.17) is 17.4 Å². The molecule has 168 valence electrons. The van der Waals surface area contributed by atoms with Crippen molar-refractivity contribution >= 4 is 51.4 Å². The molecule has 4 rings (SSSR count). The van der Waals surface area contributed by atoms with E-state index >= 15 is 0 Å². The highest BCUT2D eigenvalue weighted by Gasteiger charge is 2.17. The number of amides is 1. The van der Waals surface area contributed by atoms with Crippen molar-refractivity contribution in [3.05, 3.63) is 68.5 Å². The first-order valence-corrected chi connectivity index (χ1v) is 11.7. The highest BCUT2D eigenvalue weighted by molar-refractivity contribution is 7.99. The van der Waals surface area contributed by atoms with Crippen LogP contribution < -0.4 is 11.2 Å². The number of nitrogens with two attached hydrogens (primary N) is 1. The van der Waals surface area contributed by atoms with Crippen molar-refractivity contribution in [1.29, 1.82) is 0 Å². The van der Waals surface area contributed by atoms with Crippen LogP contribution in [0, 0.1) is 17.0 Å². The number of carbonyl (C=O) groups is 1. The van der Waals surface area contributed by atoms with Gasteiger partial charge in [0.25, 0.3) is 5.69 Å². The van der Waals surface area contributed by atoms with Crippen molar-refractivity contribution in [1.82, 2.24) is 19.9 Å². The Kier molecular flexibility index (Phi) is 6.58. The number of nitrogens with zero attached hydrogens (tertiary/aromatic N) is 5. The molecule has 0 fully saturated rings. The van der Waals surface area contributed by atoms with E-state index in [1.165, 1.54) is 22.1 Å². The number of aromatic nitrogens is 4. The van der Waals surface area contributed by atoms with Gasteiger partial charge in [-0.2, -0.15) is 0 Å². The third kappa shape index (κ3) is 4.97. The van der Waals surface area contributed by atoms with Crippen molar-refractivity contribution in [2.75, 3.05) is 16.9 Å². The second kappa shape index (κ2) is 9.57. The van der Waals surface area contributed by atoms with E-state index < -0.39 is 4.92 Å². The Balaban J connectivity index is 1.40. The van der Waals surface area contributed by atoms with Gasteiger partial charge in [-0.15, -0.1) is 21.5 Å². The minimum atomic E-state index is -0.432. The molecule has 0 atom stereocenters. The summed E-state index contributed by atoms with van der Waals surface area (Å²) in [4.78, 5) is 27.5. The minimum Gasteiger partial charge on any atom is -0.335 e. The van der Waals surface area contributed by atoms with Gasteiger partial charge < -0.3 is 11.2 Å². The standard InChI is InChI=1S/C20H16ClN7O3S2/c1-11-6-7-12(8-16(11)28(30)31)15-9-32-19(23-15)24-17(29)10-33-20-26-25-18(27(20)22)13-4-2-3-5-14(13)21/h2-9H,10,22H2,1H3,(H,23,24,29).